The molecule has 0 N–H and O–H groups in total. The van der Waals surface area contributed by atoms with Gasteiger partial charge in [-0.05, 0) is 50.1 Å². The van der Waals surface area contributed by atoms with Crippen LogP contribution in [-0.2, 0) is 14.6 Å². The summed E-state index contributed by atoms with van der Waals surface area (Å²) in [4.78, 5) is 18.9. The molecule has 7 heteroatoms. The highest BCUT2D eigenvalue weighted by Crippen LogP contribution is 2.35. The highest BCUT2D eigenvalue weighted by Gasteiger charge is 2.40. The van der Waals surface area contributed by atoms with Gasteiger partial charge < -0.3 is 4.90 Å². The number of nitrogens with zero attached hydrogens (tertiary/aromatic N) is 2. The van der Waals surface area contributed by atoms with E-state index in [0.717, 1.165) is 45.1 Å². The fourth-order valence-corrected chi connectivity index (χ4v) is 7.56. The zero-order valence-corrected chi connectivity index (χ0v) is 16.8. The Hall–Kier alpha value is -0.920. The average molecular weight is 397 g/mol. The Balaban J connectivity index is 1.49. The summed E-state index contributed by atoms with van der Waals surface area (Å²) in [6.45, 7) is 1.38. The molecule has 0 spiro atoms. The predicted molar refractivity (Wildman–Crippen MR) is 104 cm³/mol. The van der Waals surface area contributed by atoms with Gasteiger partial charge in [-0.1, -0.05) is 18.9 Å². The Bertz CT molecular complexity index is 726. The fraction of sp³-hybridized carbons (Fsp3) is 0.737. The molecular formula is C19H28N2O3S2. The minimum atomic E-state index is -2.98. The first-order chi connectivity index (χ1) is 12.5. The van der Waals surface area contributed by atoms with Crippen molar-refractivity contribution in [3.8, 4) is 0 Å². The lowest BCUT2D eigenvalue weighted by atomic mass is 10.1. The number of hydrogen-bond donors (Lipinski definition) is 0. The van der Waals surface area contributed by atoms with E-state index in [-0.39, 0.29) is 29.5 Å². The first-order valence-electron chi connectivity index (χ1n) is 9.82. The van der Waals surface area contributed by atoms with Gasteiger partial charge in [-0.15, -0.1) is 11.3 Å². The smallest absolute Gasteiger partial charge is 0.237 e. The van der Waals surface area contributed by atoms with Crippen LogP contribution < -0.4 is 0 Å². The van der Waals surface area contributed by atoms with E-state index >= 15 is 0 Å². The highest BCUT2D eigenvalue weighted by molar-refractivity contribution is 7.91. The molecule has 1 amide bonds. The molecule has 1 aromatic rings. The van der Waals surface area contributed by atoms with Crippen molar-refractivity contribution >= 4 is 27.1 Å². The molecule has 2 aliphatic heterocycles. The van der Waals surface area contributed by atoms with E-state index in [1.54, 1.807) is 11.3 Å². The van der Waals surface area contributed by atoms with Crippen LogP contribution in [0.25, 0.3) is 0 Å². The first kappa shape index (κ1) is 18.4. The Kier molecular flexibility index (Phi) is 5.39. The van der Waals surface area contributed by atoms with E-state index in [0.29, 0.717) is 19.0 Å². The third kappa shape index (κ3) is 3.85. The molecule has 0 bridgehead atoms. The van der Waals surface area contributed by atoms with Crippen LogP contribution in [0, 0.1) is 0 Å². The minimum absolute atomic E-state index is 0.113. The van der Waals surface area contributed by atoms with Gasteiger partial charge in [0.05, 0.1) is 18.1 Å². The SMILES string of the molecule is O=C(CN1CCCC1c1cccs1)N(C1CCCC1)C1CCS(=O)(=O)C1. The number of rotatable bonds is 5. The molecule has 3 heterocycles. The zero-order chi connectivity index (χ0) is 18.1. The molecule has 4 rings (SSSR count). The molecule has 2 saturated heterocycles. The first-order valence-corrected chi connectivity index (χ1v) is 12.5. The summed E-state index contributed by atoms with van der Waals surface area (Å²) in [6.07, 6.45) is 7.18. The molecule has 0 radical (unpaired) electrons. The number of thiophene rings is 1. The Morgan fingerprint density at radius 3 is 2.62 bits per heavy atom. The normalized spacial score (nSPS) is 29.4. The molecule has 144 valence electrons. The molecule has 26 heavy (non-hydrogen) atoms. The topological polar surface area (TPSA) is 57.7 Å². The molecule has 1 aliphatic carbocycles. The summed E-state index contributed by atoms with van der Waals surface area (Å²) in [5.41, 5.74) is 0. The molecule has 3 aliphatic rings. The van der Waals surface area contributed by atoms with Gasteiger partial charge >= 0.3 is 0 Å². The van der Waals surface area contributed by atoms with Crippen molar-refractivity contribution in [3.05, 3.63) is 22.4 Å². The largest absolute Gasteiger partial charge is 0.335 e. The summed E-state index contributed by atoms with van der Waals surface area (Å²) >= 11 is 1.76. The van der Waals surface area contributed by atoms with Gasteiger partial charge in [-0.2, -0.15) is 0 Å². The Morgan fingerprint density at radius 1 is 1.15 bits per heavy atom. The minimum Gasteiger partial charge on any atom is -0.335 e. The molecule has 5 nitrogen and oxygen atoms in total. The lowest BCUT2D eigenvalue weighted by Crippen LogP contribution is -2.50. The maximum atomic E-state index is 13.3. The molecule has 1 saturated carbocycles. The third-order valence-corrected chi connectivity index (χ3v) is 8.91. The standard InChI is InChI=1S/C19H28N2O3S2/c22-19(13-20-10-3-7-17(20)18-8-4-11-25-18)21(15-5-1-2-6-15)16-9-12-26(23,24)14-16/h4,8,11,15-17H,1-3,5-7,9-10,12-14H2. The van der Waals surface area contributed by atoms with Crippen LogP contribution in [0.5, 0.6) is 0 Å². The number of likely N-dealkylation sites (tertiary alicyclic amines) is 1. The van der Waals surface area contributed by atoms with Crippen LogP contribution >= 0.6 is 11.3 Å². The number of carbonyl (C=O) groups is 1. The van der Waals surface area contributed by atoms with Crippen molar-refractivity contribution in [2.24, 2.45) is 0 Å². The molecule has 2 unspecified atom stereocenters. The van der Waals surface area contributed by atoms with E-state index in [9.17, 15) is 13.2 Å². The summed E-state index contributed by atoms with van der Waals surface area (Å²) in [5.74, 6) is 0.529. The Morgan fingerprint density at radius 2 is 1.96 bits per heavy atom. The summed E-state index contributed by atoms with van der Waals surface area (Å²) in [7, 11) is -2.98. The average Bonchev–Trinajstić information content (AvgIpc) is 3.34. The van der Waals surface area contributed by atoms with Crippen molar-refractivity contribution in [2.75, 3.05) is 24.6 Å². The molecule has 2 atom stereocenters. The van der Waals surface area contributed by atoms with Crippen molar-refractivity contribution in [3.63, 3.8) is 0 Å². The van der Waals surface area contributed by atoms with Gasteiger partial charge in [0.25, 0.3) is 0 Å². The number of amides is 1. The van der Waals surface area contributed by atoms with Crippen LogP contribution in [0.15, 0.2) is 17.5 Å². The van der Waals surface area contributed by atoms with Gasteiger partial charge in [0.15, 0.2) is 9.84 Å². The van der Waals surface area contributed by atoms with Crippen LogP contribution in [0.4, 0.5) is 0 Å². The maximum Gasteiger partial charge on any atom is 0.237 e. The quantitative estimate of drug-likeness (QED) is 0.768. The lowest BCUT2D eigenvalue weighted by molar-refractivity contribution is -0.137. The van der Waals surface area contributed by atoms with E-state index in [1.165, 1.54) is 4.88 Å². The van der Waals surface area contributed by atoms with E-state index < -0.39 is 9.84 Å². The van der Waals surface area contributed by atoms with Crippen molar-refractivity contribution in [1.29, 1.82) is 0 Å². The van der Waals surface area contributed by atoms with Crippen LogP contribution in [0.2, 0.25) is 0 Å². The van der Waals surface area contributed by atoms with Gasteiger partial charge in [0.1, 0.15) is 0 Å². The predicted octanol–water partition coefficient (Wildman–Crippen LogP) is 2.84. The number of sulfone groups is 1. The highest BCUT2D eigenvalue weighted by atomic mass is 32.2. The zero-order valence-electron chi connectivity index (χ0n) is 15.2. The number of hydrogen-bond acceptors (Lipinski definition) is 5. The second-order valence-corrected chi connectivity index (χ2v) is 11.1. The number of carbonyl (C=O) groups excluding carboxylic acids is 1. The summed E-state index contributed by atoms with van der Waals surface area (Å²) in [6, 6.07) is 4.71. The summed E-state index contributed by atoms with van der Waals surface area (Å²) < 4.78 is 24.0. The van der Waals surface area contributed by atoms with Crippen LogP contribution in [-0.4, -0.2) is 60.8 Å². The van der Waals surface area contributed by atoms with E-state index in [4.69, 9.17) is 0 Å². The fourth-order valence-electron chi connectivity index (χ4n) is 4.96. The van der Waals surface area contributed by atoms with Crippen molar-refractivity contribution in [1.82, 2.24) is 9.80 Å². The van der Waals surface area contributed by atoms with Crippen LogP contribution in [0.1, 0.15) is 55.9 Å². The van der Waals surface area contributed by atoms with E-state index in [1.807, 2.05) is 4.90 Å². The molecule has 3 fully saturated rings. The molecule has 0 aromatic carbocycles. The van der Waals surface area contributed by atoms with Gasteiger partial charge in [-0.25, -0.2) is 8.42 Å². The third-order valence-electron chi connectivity index (χ3n) is 6.18. The second kappa shape index (κ2) is 7.60. The maximum absolute atomic E-state index is 13.3. The molecule has 1 aromatic heterocycles. The summed E-state index contributed by atoms with van der Waals surface area (Å²) in [5, 5.41) is 2.10. The van der Waals surface area contributed by atoms with Crippen molar-refractivity contribution in [2.45, 2.75) is 63.1 Å². The monoisotopic (exact) mass is 396 g/mol. The second-order valence-electron chi connectivity index (χ2n) is 7.94. The molecular weight excluding hydrogens is 368 g/mol. The Labute approximate surface area is 160 Å². The van der Waals surface area contributed by atoms with Gasteiger partial charge in [-0.3, -0.25) is 9.69 Å². The van der Waals surface area contributed by atoms with Crippen LogP contribution in [0.3, 0.4) is 0 Å². The van der Waals surface area contributed by atoms with Crippen molar-refractivity contribution < 1.29 is 13.2 Å². The van der Waals surface area contributed by atoms with Gasteiger partial charge in [0, 0.05) is 23.0 Å². The van der Waals surface area contributed by atoms with E-state index in [2.05, 4.69) is 22.4 Å². The van der Waals surface area contributed by atoms with Gasteiger partial charge in [0.2, 0.25) is 5.91 Å². The lowest BCUT2D eigenvalue weighted by Gasteiger charge is -2.36.